The average molecular weight is 1120 g/mol. The lowest BCUT2D eigenvalue weighted by atomic mass is 9.60. The maximum atomic E-state index is 5.15. The van der Waals surface area contributed by atoms with E-state index in [0.29, 0.717) is 34.9 Å². The zero-order valence-corrected chi connectivity index (χ0v) is 47.4. The van der Waals surface area contributed by atoms with E-state index in [0.717, 1.165) is 88.6 Å². The molecule has 2 atom stereocenters. The average Bonchev–Trinajstić information content (AvgIpc) is 0.755. The summed E-state index contributed by atoms with van der Waals surface area (Å²) in [6.07, 6.45) is 3.87. The Kier molecular flexibility index (Phi) is 12.2. The number of benzene rings is 11. The minimum Gasteiger partial charge on any atom is -0.256 e. The maximum absolute atomic E-state index is 5.15. The first-order valence-corrected chi connectivity index (χ1v) is 29.7. The van der Waals surface area contributed by atoms with Gasteiger partial charge in [0.05, 0.1) is 11.0 Å². The molecule has 0 saturated heterocycles. The van der Waals surface area contributed by atoms with Gasteiger partial charge in [-0.3, -0.25) is 9.97 Å². The minimum atomic E-state index is 0.0969. The topological polar surface area (TPSA) is 103 Å². The van der Waals surface area contributed by atoms with Crippen molar-refractivity contribution in [2.45, 2.75) is 11.8 Å². The maximum Gasteiger partial charge on any atom is 0.164 e. The summed E-state index contributed by atoms with van der Waals surface area (Å²) in [5.41, 5.74) is 24.3. The highest BCUT2D eigenvalue weighted by atomic mass is 15.0. The van der Waals surface area contributed by atoms with Gasteiger partial charge in [0.15, 0.2) is 34.9 Å². The van der Waals surface area contributed by atoms with Gasteiger partial charge < -0.3 is 0 Å². The summed E-state index contributed by atoms with van der Waals surface area (Å²) in [7, 11) is 0. The second kappa shape index (κ2) is 21.1. The number of hydrogen-bond donors (Lipinski definition) is 0. The fraction of sp³-hybridized carbons (Fsp3) is 0.0250. The van der Waals surface area contributed by atoms with Gasteiger partial charge >= 0.3 is 0 Å². The third-order valence-electron chi connectivity index (χ3n) is 17.4. The largest absolute Gasteiger partial charge is 0.256 e. The van der Waals surface area contributed by atoms with Crippen LogP contribution >= 0.6 is 0 Å². The van der Waals surface area contributed by atoms with E-state index in [1.165, 1.54) is 44.5 Å². The highest BCUT2D eigenvalue weighted by molar-refractivity contribution is 5.86. The molecule has 88 heavy (non-hydrogen) atoms. The van der Waals surface area contributed by atoms with Crippen LogP contribution in [0.15, 0.2) is 291 Å². The number of para-hydroxylation sites is 2. The van der Waals surface area contributed by atoms with Crippen molar-refractivity contribution in [1.82, 2.24) is 39.9 Å². The van der Waals surface area contributed by atoms with Crippen LogP contribution in [0, 0.1) is 0 Å². The van der Waals surface area contributed by atoms with Crippen molar-refractivity contribution in [1.29, 1.82) is 0 Å². The Morgan fingerprint density at radius 3 is 0.898 bits per heavy atom. The number of pyridine rings is 2. The summed E-state index contributed by atoms with van der Waals surface area (Å²) in [6, 6.07) is 98.3. The second-order valence-corrected chi connectivity index (χ2v) is 22.7. The van der Waals surface area contributed by atoms with Gasteiger partial charge in [0.2, 0.25) is 0 Å². The molecule has 8 heteroatoms. The SMILES string of the molecule is c1ccc(-c2nc(-c3ccc(-c4ccc5c(c4)C4c6ccccc6C5c5cc(-c6ccc(-c7nc(-c8ccccc8)nc(-c8cccc(-c9cnc%10ccccc%10c9)c8)n7)cc6)ccc54)cc3)nc(-c3cccc(-c4cnc5ccccc5c4)c3)n2)cc1. The highest BCUT2D eigenvalue weighted by Gasteiger charge is 2.41. The Labute approximate surface area is 508 Å². The van der Waals surface area contributed by atoms with E-state index in [9.17, 15) is 0 Å². The molecule has 2 unspecified atom stereocenters. The molecule has 18 rings (SSSR count). The first-order chi connectivity index (χ1) is 43.5. The van der Waals surface area contributed by atoms with Gasteiger partial charge in [0.1, 0.15) is 0 Å². The molecule has 0 spiro atoms. The smallest absolute Gasteiger partial charge is 0.164 e. The molecule has 3 aliphatic rings. The predicted octanol–water partition coefficient (Wildman–Crippen LogP) is 18.8. The number of fused-ring (bicyclic) bond motifs is 2. The molecule has 2 bridgehead atoms. The van der Waals surface area contributed by atoms with Gasteiger partial charge in [-0.2, -0.15) is 0 Å². The Balaban J connectivity index is 0.671. The third kappa shape index (κ3) is 9.10. The summed E-state index contributed by atoms with van der Waals surface area (Å²) in [6.45, 7) is 0. The van der Waals surface area contributed by atoms with Crippen LogP contribution in [-0.4, -0.2) is 39.9 Å². The molecular weight excluding hydrogens is 1070 g/mol. The minimum absolute atomic E-state index is 0.0969. The van der Waals surface area contributed by atoms with Gasteiger partial charge in [-0.25, -0.2) is 29.9 Å². The first kappa shape index (κ1) is 50.7. The zero-order chi connectivity index (χ0) is 58.1. The molecule has 0 N–H and O–H groups in total. The molecule has 410 valence electrons. The van der Waals surface area contributed by atoms with Crippen molar-refractivity contribution in [3.8, 4) is 113 Å². The molecule has 0 aliphatic heterocycles. The summed E-state index contributed by atoms with van der Waals surface area (Å²) in [5.74, 6) is 3.88. The fourth-order valence-corrected chi connectivity index (χ4v) is 13.0. The molecular formula is C80H50N8. The lowest BCUT2D eigenvalue weighted by Crippen LogP contribution is -2.27. The molecule has 11 aromatic carbocycles. The van der Waals surface area contributed by atoms with Crippen molar-refractivity contribution in [2.24, 2.45) is 0 Å². The fourth-order valence-electron chi connectivity index (χ4n) is 13.0. The molecule has 3 aliphatic carbocycles. The zero-order valence-electron chi connectivity index (χ0n) is 47.4. The van der Waals surface area contributed by atoms with E-state index in [-0.39, 0.29) is 11.8 Å². The van der Waals surface area contributed by atoms with E-state index >= 15 is 0 Å². The Morgan fingerprint density at radius 1 is 0.182 bits per heavy atom. The molecule has 4 aromatic heterocycles. The van der Waals surface area contributed by atoms with Crippen molar-refractivity contribution in [3.63, 3.8) is 0 Å². The number of rotatable bonds is 10. The molecule has 8 nitrogen and oxygen atoms in total. The summed E-state index contributed by atoms with van der Waals surface area (Å²) >= 11 is 0. The Bertz CT molecular complexity index is 4890. The number of hydrogen-bond acceptors (Lipinski definition) is 8. The molecule has 0 amide bonds. The molecule has 0 fully saturated rings. The molecule has 0 saturated carbocycles. The van der Waals surface area contributed by atoms with Crippen LogP contribution in [0.25, 0.3) is 135 Å². The van der Waals surface area contributed by atoms with Gasteiger partial charge in [0.25, 0.3) is 0 Å². The van der Waals surface area contributed by atoms with Crippen molar-refractivity contribution in [3.05, 3.63) is 325 Å². The van der Waals surface area contributed by atoms with E-state index < -0.39 is 0 Å². The predicted molar refractivity (Wildman–Crippen MR) is 353 cm³/mol. The van der Waals surface area contributed by atoms with Gasteiger partial charge in [-0.1, -0.05) is 231 Å². The van der Waals surface area contributed by atoms with E-state index in [4.69, 9.17) is 39.9 Å². The van der Waals surface area contributed by atoms with Crippen LogP contribution < -0.4 is 0 Å². The number of aromatic nitrogens is 8. The van der Waals surface area contributed by atoms with Crippen molar-refractivity contribution in [2.75, 3.05) is 0 Å². The van der Waals surface area contributed by atoms with E-state index in [1.807, 2.05) is 109 Å². The summed E-state index contributed by atoms with van der Waals surface area (Å²) < 4.78 is 0. The quantitative estimate of drug-likeness (QED) is 0.133. The Morgan fingerprint density at radius 2 is 0.477 bits per heavy atom. The molecule has 4 heterocycles. The van der Waals surface area contributed by atoms with Gasteiger partial charge in [-0.15, -0.1) is 0 Å². The first-order valence-electron chi connectivity index (χ1n) is 29.7. The second-order valence-electron chi connectivity index (χ2n) is 22.7. The third-order valence-corrected chi connectivity index (χ3v) is 17.4. The van der Waals surface area contributed by atoms with Crippen LogP contribution in [0.5, 0.6) is 0 Å². The monoisotopic (exact) mass is 1120 g/mol. The van der Waals surface area contributed by atoms with E-state index in [1.54, 1.807) is 0 Å². The lowest BCUT2D eigenvalue weighted by Gasteiger charge is -2.42. The molecule has 15 aromatic rings. The lowest BCUT2D eigenvalue weighted by molar-refractivity contribution is 0.755. The number of nitrogens with zero attached hydrogens (tertiary/aromatic N) is 8. The summed E-state index contributed by atoms with van der Waals surface area (Å²) in [4.78, 5) is 40.1. The highest BCUT2D eigenvalue weighted by Crippen LogP contribution is 2.57. The normalized spacial score (nSPS) is 13.7. The van der Waals surface area contributed by atoms with Crippen LogP contribution in [0.2, 0.25) is 0 Å². The Hall–Kier alpha value is -11.7. The van der Waals surface area contributed by atoms with E-state index in [2.05, 4.69) is 182 Å². The van der Waals surface area contributed by atoms with Crippen LogP contribution in [0.1, 0.15) is 45.2 Å². The standard InChI is InChI=1S/C80H50N8/c1-3-15-51(16-4-1)75-83-77(87-79(85-75)61-23-13-21-55(41-61)63-43-59-19-7-11-27-71(59)81-47-63)53-33-29-49(30-34-53)57-37-39-67-69(45-57)73-65-25-9-10-26-66(65)74(67)70-46-58(38-40-68(70)73)50-31-35-54(36-32-50)78-84-76(52-17-5-2-6-18-52)86-80(88-78)62-24-14-22-56(42-62)64-44-60-20-8-12-28-72(60)82-48-64/h1-48,73-74H. The summed E-state index contributed by atoms with van der Waals surface area (Å²) in [5, 5.41) is 2.19. The van der Waals surface area contributed by atoms with Crippen molar-refractivity contribution >= 4 is 21.8 Å². The van der Waals surface area contributed by atoms with Gasteiger partial charge in [-0.05, 0) is 115 Å². The van der Waals surface area contributed by atoms with Gasteiger partial charge in [0, 0.05) is 79.5 Å². The van der Waals surface area contributed by atoms with Crippen LogP contribution in [-0.2, 0) is 0 Å². The van der Waals surface area contributed by atoms with Crippen LogP contribution in [0.4, 0.5) is 0 Å². The van der Waals surface area contributed by atoms with Crippen molar-refractivity contribution < 1.29 is 0 Å². The van der Waals surface area contributed by atoms with Crippen LogP contribution in [0.3, 0.4) is 0 Å². The molecule has 0 radical (unpaired) electrons.